The van der Waals surface area contributed by atoms with Gasteiger partial charge in [-0.3, -0.25) is 0 Å². The summed E-state index contributed by atoms with van der Waals surface area (Å²) >= 11 is 0. The summed E-state index contributed by atoms with van der Waals surface area (Å²) in [5.74, 6) is 0.673. The highest BCUT2D eigenvalue weighted by molar-refractivity contribution is 5.94. The van der Waals surface area contributed by atoms with Crippen molar-refractivity contribution in [2.24, 2.45) is 5.92 Å². The molecular weight excluding hydrogens is 204 g/mol. The van der Waals surface area contributed by atoms with Gasteiger partial charge in [-0.25, -0.2) is 4.63 Å². The number of nitrogen functional groups attached to an aromatic ring is 1. The normalized spacial score (nSPS) is 11.2. The van der Waals surface area contributed by atoms with Gasteiger partial charge in [0.1, 0.15) is 0 Å². The number of nitrogens with two attached hydrogens (primary N) is 1. The van der Waals surface area contributed by atoms with E-state index in [0.29, 0.717) is 22.6 Å². The minimum Gasteiger partial charge on any atom is -0.397 e. The number of aromatic nitrogens is 2. The predicted octanol–water partition coefficient (Wildman–Crippen LogP) is 2.26. The zero-order chi connectivity index (χ0) is 11.5. The Morgan fingerprint density at radius 3 is 2.81 bits per heavy atom. The van der Waals surface area contributed by atoms with Gasteiger partial charge in [0.05, 0.1) is 11.4 Å². The number of nitrogens with zero attached hydrogens (tertiary/aromatic N) is 2. The van der Waals surface area contributed by atoms with Crippen LogP contribution in [-0.2, 0) is 0 Å². The molecule has 0 saturated carbocycles. The first kappa shape index (κ1) is 10.7. The molecule has 3 N–H and O–H groups in total. The monoisotopic (exact) mass is 220 g/mol. The number of anilines is 2. The minimum atomic E-state index is 0.589. The van der Waals surface area contributed by atoms with Crippen LogP contribution in [0.15, 0.2) is 16.8 Å². The molecule has 0 aliphatic carbocycles. The van der Waals surface area contributed by atoms with Crippen molar-refractivity contribution in [1.82, 2.24) is 10.3 Å². The van der Waals surface area contributed by atoms with Crippen molar-refractivity contribution in [3.8, 4) is 0 Å². The minimum absolute atomic E-state index is 0.589. The molecular formula is C11H16N4O. The van der Waals surface area contributed by atoms with Crippen LogP contribution in [0, 0.1) is 5.92 Å². The van der Waals surface area contributed by atoms with Crippen molar-refractivity contribution in [1.29, 1.82) is 0 Å². The lowest BCUT2D eigenvalue weighted by molar-refractivity contribution is 0.315. The zero-order valence-corrected chi connectivity index (χ0v) is 9.53. The fourth-order valence-electron chi connectivity index (χ4n) is 1.52. The summed E-state index contributed by atoms with van der Waals surface area (Å²) in [6.07, 6.45) is 1.11. The van der Waals surface area contributed by atoms with Gasteiger partial charge in [0, 0.05) is 6.54 Å². The Morgan fingerprint density at radius 1 is 1.31 bits per heavy atom. The van der Waals surface area contributed by atoms with E-state index in [1.54, 1.807) is 0 Å². The van der Waals surface area contributed by atoms with E-state index in [1.807, 2.05) is 12.1 Å². The second kappa shape index (κ2) is 4.38. The maximum atomic E-state index is 5.76. The summed E-state index contributed by atoms with van der Waals surface area (Å²) in [6.45, 7) is 5.29. The van der Waals surface area contributed by atoms with Gasteiger partial charge in [0.25, 0.3) is 0 Å². The van der Waals surface area contributed by atoms with Gasteiger partial charge in [-0.1, -0.05) is 13.8 Å². The number of hydrogen-bond acceptors (Lipinski definition) is 5. The fraction of sp³-hybridized carbons (Fsp3) is 0.455. The van der Waals surface area contributed by atoms with Crippen molar-refractivity contribution < 1.29 is 4.63 Å². The third-order valence-electron chi connectivity index (χ3n) is 2.48. The lowest BCUT2D eigenvalue weighted by atomic mass is 10.1. The Bertz CT molecular complexity index is 478. The summed E-state index contributed by atoms with van der Waals surface area (Å²) in [4.78, 5) is 0. The highest BCUT2D eigenvalue weighted by atomic mass is 16.6. The van der Waals surface area contributed by atoms with Gasteiger partial charge in [-0.2, -0.15) is 0 Å². The molecule has 16 heavy (non-hydrogen) atoms. The van der Waals surface area contributed by atoms with Crippen molar-refractivity contribution in [3.05, 3.63) is 12.1 Å². The second-order valence-corrected chi connectivity index (χ2v) is 4.27. The second-order valence-electron chi connectivity index (χ2n) is 4.27. The van der Waals surface area contributed by atoms with Gasteiger partial charge in [-0.05, 0) is 34.8 Å². The van der Waals surface area contributed by atoms with Crippen LogP contribution in [0.25, 0.3) is 11.0 Å². The number of fused-ring (bicyclic) bond motifs is 1. The first-order valence-corrected chi connectivity index (χ1v) is 5.43. The lowest BCUT2D eigenvalue weighted by Crippen LogP contribution is -2.05. The SMILES string of the molecule is CC(C)CCNc1ccc(N)c2nonc12. The van der Waals surface area contributed by atoms with Gasteiger partial charge in [0.2, 0.25) is 0 Å². The molecule has 0 atom stereocenters. The molecule has 5 heteroatoms. The summed E-state index contributed by atoms with van der Waals surface area (Å²) in [7, 11) is 0. The van der Waals surface area contributed by atoms with Gasteiger partial charge >= 0.3 is 0 Å². The third-order valence-corrected chi connectivity index (χ3v) is 2.48. The third kappa shape index (κ3) is 2.08. The van der Waals surface area contributed by atoms with Crippen LogP contribution in [0.4, 0.5) is 11.4 Å². The van der Waals surface area contributed by atoms with E-state index >= 15 is 0 Å². The first-order chi connectivity index (χ1) is 7.68. The van der Waals surface area contributed by atoms with Gasteiger partial charge in [-0.15, -0.1) is 0 Å². The Kier molecular flexibility index (Phi) is 2.94. The smallest absolute Gasteiger partial charge is 0.160 e. The van der Waals surface area contributed by atoms with Crippen LogP contribution in [0.2, 0.25) is 0 Å². The molecule has 0 fully saturated rings. The highest BCUT2D eigenvalue weighted by Gasteiger charge is 2.09. The van der Waals surface area contributed by atoms with Gasteiger partial charge < -0.3 is 11.1 Å². The van der Waals surface area contributed by atoms with Crippen LogP contribution in [-0.4, -0.2) is 16.9 Å². The largest absolute Gasteiger partial charge is 0.397 e. The number of benzene rings is 1. The molecule has 0 saturated heterocycles. The van der Waals surface area contributed by atoms with Crippen molar-refractivity contribution in [2.75, 3.05) is 17.6 Å². The zero-order valence-electron chi connectivity index (χ0n) is 9.53. The summed E-state index contributed by atoms with van der Waals surface area (Å²) in [5.41, 5.74) is 8.58. The van der Waals surface area contributed by atoms with Crippen molar-refractivity contribution >= 4 is 22.4 Å². The Balaban J connectivity index is 2.18. The molecule has 1 aromatic heterocycles. The van der Waals surface area contributed by atoms with E-state index in [1.165, 1.54) is 0 Å². The lowest BCUT2D eigenvalue weighted by Gasteiger charge is -2.08. The maximum Gasteiger partial charge on any atom is 0.160 e. The average molecular weight is 220 g/mol. The summed E-state index contributed by atoms with van der Waals surface area (Å²) < 4.78 is 4.69. The molecule has 0 spiro atoms. The first-order valence-electron chi connectivity index (χ1n) is 5.43. The van der Waals surface area contributed by atoms with E-state index in [0.717, 1.165) is 18.7 Å². The number of rotatable bonds is 4. The molecule has 0 bridgehead atoms. The van der Waals surface area contributed by atoms with Crippen molar-refractivity contribution in [3.63, 3.8) is 0 Å². The number of nitrogens with one attached hydrogen (secondary N) is 1. The van der Waals surface area contributed by atoms with E-state index in [-0.39, 0.29) is 0 Å². The Morgan fingerprint density at radius 2 is 2.06 bits per heavy atom. The molecule has 0 unspecified atom stereocenters. The molecule has 0 aliphatic heterocycles. The molecule has 0 amide bonds. The molecule has 2 aromatic rings. The van der Waals surface area contributed by atoms with Crippen LogP contribution >= 0.6 is 0 Å². The van der Waals surface area contributed by atoms with E-state index in [2.05, 4.69) is 29.5 Å². The average Bonchev–Trinajstić information content (AvgIpc) is 2.70. The summed E-state index contributed by atoms with van der Waals surface area (Å²) in [6, 6.07) is 3.71. The molecule has 0 radical (unpaired) electrons. The van der Waals surface area contributed by atoms with Crippen LogP contribution in [0.3, 0.4) is 0 Å². The molecule has 0 aliphatic rings. The van der Waals surface area contributed by atoms with E-state index < -0.39 is 0 Å². The fourth-order valence-corrected chi connectivity index (χ4v) is 1.52. The Hall–Kier alpha value is -1.78. The van der Waals surface area contributed by atoms with Crippen LogP contribution in [0.1, 0.15) is 20.3 Å². The Labute approximate surface area is 94.0 Å². The van der Waals surface area contributed by atoms with Crippen molar-refractivity contribution in [2.45, 2.75) is 20.3 Å². The molecule has 5 nitrogen and oxygen atoms in total. The molecule has 86 valence electrons. The van der Waals surface area contributed by atoms with Crippen LogP contribution < -0.4 is 11.1 Å². The molecule has 1 heterocycles. The summed E-state index contributed by atoms with van der Waals surface area (Å²) in [5, 5.41) is 10.9. The van der Waals surface area contributed by atoms with Gasteiger partial charge in [0.15, 0.2) is 11.0 Å². The van der Waals surface area contributed by atoms with Crippen LogP contribution in [0.5, 0.6) is 0 Å². The quantitative estimate of drug-likeness (QED) is 0.773. The maximum absolute atomic E-state index is 5.76. The highest BCUT2D eigenvalue weighted by Crippen LogP contribution is 2.25. The van der Waals surface area contributed by atoms with E-state index in [4.69, 9.17) is 10.4 Å². The number of hydrogen-bond donors (Lipinski definition) is 2. The standard InChI is InChI=1S/C11H16N4O/c1-7(2)5-6-13-9-4-3-8(12)10-11(9)15-16-14-10/h3-4,7,13H,5-6,12H2,1-2H3. The topological polar surface area (TPSA) is 77.0 Å². The van der Waals surface area contributed by atoms with E-state index in [9.17, 15) is 0 Å². The molecule has 2 rings (SSSR count). The predicted molar refractivity (Wildman–Crippen MR) is 64.2 cm³/mol. The molecule has 1 aromatic carbocycles.